The van der Waals surface area contributed by atoms with Crippen molar-refractivity contribution >= 4 is 23.3 Å². The standard InChI is InChI=1S/C26H36N6O3/c1-3-32-21(8-11-29-32)24(33)31-23(18-6-4-17(2)5-7-18)25(34)30-22-14-20-19(15-27-22)26(16-28-20)9-12-35-13-10-26/h8,11,14-15,17-18,23,28H,3-7,9-10,12-13,16H2,1-2H3,(H,31,33)(H,27,30,34)/t17-,18-,23?. The van der Waals surface area contributed by atoms with Crippen LogP contribution >= 0.6 is 0 Å². The topological polar surface area (TPSA) is 110 Å². The summed E-state index contributed by atoms with van der Waals surface area (Å²) in [6.07, 6.45) is 9.40. The van der Waals surface area contributed by atoms with Gasteiger partial charge in [0.15, 0.2) is 0 Å². The van der Waals surface area contributed by atoms with Crippen LogP contribution in [0.4, 0.5) is 11.5 Å². The molecule has 2 fully saturated rings. The van der Waals surface area contributed by atoms with Crippen LogP contribution in [0.2, 0.25) is 0 Å². The first-order valence-electron chi connectivity index (χ1n) is 12.9. The molecule has 0 bridgehead atoms. The number of aryl methyl sites for hydroxylation is 1. The van der Waals surface area contributed by atoms with Crippen LogP contribution in [0.15, 0.2) is 24.5 Å². The molecule has 1 saturated heterocycles. The van der Waals surface area contributed by atoms with E-state index in [9.17, 15) is 9.59 Å². The van der Waals surface area contributed by atoms with Crippen molar-refractivity contribution in [3.05, 3.63) is 35.8 Å². The third-order valence-corrected chi connectivity index (χ3v) is 8.14. The Morgan fingerprint density at radius 3 is 2.77 bits per heavy atom. The zero-order valence-corrected chi connectivity index (χ0v) is 20.7. The zero-order valence-electron chi connectivity index (χ0n) is 20.7. The molecule has 2 aromatic heterocycles. The molecule has 1 aliphatic carbocycles. The van der Waals surface area contributed by atoms with Crippen LogP contribution in [0.5, 0.6) is 0 Å². The van der Waals surface area contributed by atoms with Crippen LogP contribution < -0.4 is 16.0 Å². The third-order valence-electron chi connectivity index (χ3n) is 8.14. The zero-order chi connectivity index (χ0) is 24.4. The molecule has 35 heavy (non-hydrogen) atoms. The molecule has 4 heterocycles. The van der Waals surface area contributed by atoms with Gasteiger partial charge in [0.05, 0.1) is 0 Å². The summed E-state index contributed by atoms with van der Waals surface area (Å²) < 4.78 is 7.21. The maximum absolute atomic E-state index is 13.5. The second-order valence-corrected chi connectivity index (χ2v) is 10.4. The van der Waals surface area contributed by atoms with E-state index >= 15 is 0 Å². The van der Waals surface area contributed by atoms with Crippen LogP contribution in [-0.2, 0) is 21.5 Å². The third kappa shape index (κ3) is 4.78. The van der Waals surface area contributed by atoms with Gasteiger partial charge in [0.2, 0.25) is 5.91 Å². The van der Waals surface area contributed by atoms with Crippen LogP contribution in [0.1, 0.15) is 68.4 Å². The molecule has 9 heteroatoms. The van der Waals surface area contributed by atoms with Gasteiger partial charge in [-0.2, -0.15) is 5.10 Å². The van der Waals surface area contributed by atoms with Gasteiger partial charge in [0.25, 0.3) is 5.91 Å². The molecule has 0 aromatic carbocycles. The summed E-state index contributed by atoms with van der Waals surface area (Å²) in [5, 5.41) is 13.7. The van der Waals surface area contributed by atoms with Gasteiger partial charge in [-0.05, 0) is 50.5 Å². The van der Waals surface area contributed by atoms with E-state index in [2.05, 4.69) is 33.0 Å². The van der Waals surface area contributed by atoms with Crippen LogP contribution in [0.25, 0.3) is 0 Å². The van der Waals surface area contributed by atoms with Gasteiger partial charge in [0.1, 0.15) is 17.6 Å². The van der Waals surface area contributed by atoms with E-state index in [0.29, 0.717) is 24.0 Å². The molecule has 188 valence electrons. The lowest BCUT2D eigenvalue weighted by atomic mass is 9.76. The molecule has 2 aromatic rings. The lowest BCUT2D eigenvalue weighted by molar-refractivity contribution is -0.119. The number of aromatic nitrogens is 3. The summed E-state index contributed by atoms with van der Waals surface area (Å²) in [4.78, 5) is 31.2. The number of anilines is 2. The van der Waals surface area contributed by atoms with Crippen molar-refractivity contribution in [2.24, 2.45) is 11.8 Å². The highest BCUT2D eigenvalue weighted by molar-refractivity contribution is 6.00. The van der Waals surface area contributed by atoms with Crippen molar-refractivity contribution in [1.82, 2.24) is 20.1 Å². The van der Waals surface area contributed by atoms with E-state index < -0.39 is 6.04 Å². The predicted molar refractivity (Wildman–Crippen MR) is 133 cm³/mol. The number of nitrogens with zero attached hydrogens (tertiary/aromatic N) is 3. The fraction of sp³-hybridized carbons (Fsp3) is 0.615. The van der Waals surface area contributed by atoms with Crippen LogP contribution in [-0.4, -0.2) is 52.4 Å². The number of carbonyl (C=O) groups is 2. The Kier molecular flexibility index (Phi) is 6.77. The van der Waals surface area contributed by atoms with E-state index in [1.807, 2.05) is 19.2 Å². The molecule has 3 N–H and O–H groups in total. The number of hydrogen-bond donors (Lipinski definition) is 3. The number of ether oxygens (including phenoxy) is 1. The summed E-state index contributed by atoms with van der Waals surface area (Å²) in [6, 6.07) is 2.99. The van der Waals surface area contributed by atoms with Crippen molar-refractivity contribution in [1.29, 1.82) is 0 Å². The van der Waals surface area contributed by atoms with Gasteiger partial charge in [-0.1, -0.05) is 19.8 Å². The summed E-state index contributed by atoms with van der Waals surface area (Å²) in [5.74, 6) is 0.757. The largest absolute Gasteiger partial charge is 0.384 e. The van der Waals surface area contributed by atoms with E-state index in [0.717, 1.165) is 64.0 Å². The monoisotopic (exact) mass is 480 g/mol. The molecule has 2 aliphatic heterocycles. The number of nitrogens with one attached hydrogen (secondary N) is 3. The molecule has 1 atom stereocenters. The average Bonchev–Trinajstić information content (AvgIpc) is 3.49. The van der Waals surface area contributed by atoms with Gasteiger partial charge in [-0.15, -0.1) is 0 Å². The fourth-order valence-corrected chi connectivity index (χ4v) is 5.87. The highest BCUT2D eigenvalue weighted by Gasteiger charge is 2.41. The average molecular weight is 481 g/mol. The molecule has 1 spiro atoms. The lowest BCUT2D eigenvalue weighted by Crippen LogP contribution is -2.49. The number of amides is 2. The summed E-state index contributed by atoms with van der Waals surface area (Å²) in [5.41, 5.74) is 2.77. The van der Waals surface area contributed by atoms with Gasteiger partial charge >= 0.3 is 0 Å². The maximum Gasteiger partial charge on any atom is 0.270 e. The second kappa shape index (κ2) is 9.97. The molecule has 1 unspecified atom stereocenters. The maximum atomic E-state index is 13.5. The predicted octanol–water partition coefficient (Wildman–Crippen LogP) is 3.34. The van der Waals surface area contributed by atoms with Crippen LogP contribution in [0.3, 0.4) is 0 Å². The summed E-state index contributed by atoms with van der Waals surface area (Å²) >= 11 is 0. The minimum absolute atomic E-state index is 0.0701. The molecular formula is C26H36N6O3. The first-order valence-corrected chi connectivity index (χ1v) is 12.9. The van der Waals surface area contributed by atoms with E-state index in [1.165, 1.54) is 5.56 Å². The van der Waals surface area contributed by atoms with E-state index in [4.69, 9.17) is 4.74 Å². The summed E-state index contributed by atoms with van der Waals surface area (Å²) in [7, 11) is 0. The number of rotatable bonds is 6. The molecule has 5 rings (SSSR count). The van der Waals surface area contributed by atoms with Crippen molar-refractivity contribution in [3.63, 3.8) is 0 Å². The Bertz CT molecular complexity index is 1070. The number of pyridine rings is 1. The number of carbonyl (C=O) groups excluding carboxylic acids is 2. The molecule has 0 radical (unpaired) electrons. The Morgan fingerprint density at radius 2 is 2.03 bits per heavy atom. The molecule has 3 aliphatic rings. The van der Waals surface area contributed by atoms with Gasteiger partial charge in [0, 0.05) is 61.4 Å². The lowest BCUT2D eigenvalue weighted by Gasteiger charge is -2.33. The second-order valence-electron chi connectivity index (χ2n) is 10.4. The Hall–Kier alpha value is -2.94. The quantitative estimate of drug-likeness (QED) is 0.585. The van der Waals surface area contributed by atoms with E-state index in [-0.39, 0.29) is 23.1 Å². The Labute approximate surface area is 206 Å². The number of hydrogen-bond acceptors (Lipinski definition) is 6. The molecule has 9 nitrogen and oxygen atoms in total. The highest BCUT2D eigenvalue weighted by atomic mass is 16.5. The summed E-state index contributed by atoms with van der Waals surface area (Å²) in [6.45, 7) is 7.17. The van der Waals surface area contributed by atoms with Crippen molar-refractivity contribution in [2.45, 2.75) is 70.4 Å². The molecule has 2 amide bonds. The molecule has 1 saturated carbocycles. The Balaban J connectivity index is 1.33. The fourth-order valence-electron chi connectivity index (χ4n) is 5.87. The van der Waals surface area contributed by atoms with Crippen molar-refractivity contribution in [2.75, 3.05) is 30.4 Å². The molecular weight excluding hydrogens is 444 g/mol. The van der Waals surface area contributed by atoms with Gasteiger partial charge in [-0.25, -0.2) is 4.98 Å². The first kappa shape index (κ1) is 23.8. The highest BCUT2D eigenvalue weighted by Crippen LogP contribution is 2.43. The SMILES string of the molecule is CCn1nccc1C(=O)NC(C(=O)Nc1cc2c(cn1)C1(CCOCC1)CN2)[C@H]1CC[C@H](C)CC1. The van der Waals surface area contributed by atoms with Gasteiger partial charge < -0.3 is 20.7 Å². The minimum Gasteiger partial charge on any atom is -0.384 e. The Morgan fingerprint density at radius 1 is 1.26 bits per heavy atom. The normalized spacial score (nSPS) is 23.8. The van der Waals surface area contributed by atoms with Crippen LogP contribution in [0, 0.1) is 11.8 Å². The van der Waals surface area contributed by atoms with E-state index in [1.54, 1.807) is 16.9 Å². The smallest absolute Gasteiger partial charge is 0.270 e. The first-order chi connectivity index (χ1) is 17.0. The van der Waals surface area contributed by atoms with Gasteiger partial charge in [-0.3, -0.25) is 14.3 Å². The van der Waals surface area contributed by atoms with Crippen molar-refractivity contribution < 1.29 is 14.3 Å². The minimum atomic E-state index is -0.625. The van der Waals surface area contributed by atoms with Crippen molar-refractivity contribution in [3.8, 4) is 0 Å². The number of fused-ring (bicyclic) bond motifs is 2.